The summed E-state index contributed by atoms with van der Waals surface area (Å²) in [4.78, 5) is 22.9. The van der Waals surface area contributed by atoms with E-state index in [4.69, 9.17) is 0 Å². The first-order valence-corrected chi connectivity index (χ1v) is 12.0. The zero-order valence-electron chi connectivity index (χ0n) is 17.4. The quantitative estimate of drug-likeness (QED) is 0.248. The van der Waals surface area contributed by atoms with Crippen molar-refractivity contribution in [1.29, 1.82) is 0 Å². The molecule has 0 aliphatic rings. The molecule has 0 radical (unpaired) electrons. The number of nitro groups is 1. The van der Waals surface area contributed by atoms with Crippen LogP contribution >= 0.6 is 15.9 Å². The van der Waals surface area contributed by atoms with Gasteiger partial charge in [0.2, 0.25) is 6.54 Å². The summed E-state index contributed by atoms with van der Waals surface area (Å²) in [6.07, 6.45) is 2.16. The number of halogens is 1. The zero-order valence-corrected chi connectivity index (χ0v) is 19.8. The third kappa shape index (κ3) is 4.57. The molecule has 0 aliphatic heterocycles. The molecule has 0 saturated heterocycles. The van der Waals surface area contributed by atoms with Gasteiger partial charge in [-0.05, 0) is 48.7 Å². The lowest BCUT2D eigenvalue weighted by Gasteiger charge is -2.22. The van der Waals surface area contributed by atoms with Crippen LogP contribution in [0.4, 0.5) is 0 Å². The van der Waals surface area contributed by atoms with Crippen molar-refractivity contribution in [3.63, 3.8) is 0 Å². The lowest BCUT2D eigenvalue weighted by Crippen LogP contribution is -2.26. The van der Waals surface area contributed by atoms with Gasteiger partial charge in [0, 0.05) is 26.9 Å². The second-order valence-electron chi connectivity index (χ2n) is 7.94. The molecule has 1 aromatic heterocycles. The first kappa shape index (κ1) is 23.1. The minimum atomic E-state index is -3.95. The Morgan fingerprint density at radius 1 is 1.16 bits per heavy atom. The van der Waals surface area contributed by atoms with E-state index in [0.717, 1.165) is 15.8 Å². The first-order valence-electron chi connectivity index (χ1n) is 9.76. The summed E-state index contributed by atoms with van der Waals surface area (Å²) in [5, 5.41) is 12.0. The fourth-order valence-corrected chi connectivity index (χ4v) is 5.56. The van der Waals surface area contributed by atoms with Crippen LogP contribution < -0.4 is 0 Å². The van der Waals surface area contributed by atoms with Gasteiger partial charge >= 0.3 is 0 Å². The number of hydrogen-bond acceptors (Lipinski definition) is 5. The summed E-state index contributed by atoms with van der Waals surface area (Å²) in [5.74, 6) is -1.55. The van der Waals surface area contributed by atoms with Crippen molar-refractivity contribution < 1.29 is 18.1 Å². The highest BCUT2D eigenvalue weighted by molar-refractivity contribution is 9.10. The lowest BCUT2D eigenvalue weighted by atomic mass is 9.80. The molecule has 164 valence electrons. The topological polar surface area (TPSA) is 99.3 Å². The largest absolute Gasteiger partial charge is 0.303 e. The molecule has 0 spiro atoms. The van der Waals surface area contributed by atoms with Crippen LogP contribution in [0, 0.1) is 28.9 Å². The third-order valence-corrected chi connectivity index (χ3v) is 7.66. The molecule has 0 fully saturated rings. The number of nitrogens with zero attached hydrogens (tertiary/aromatic N) is 2. The smallest absolute Gasteiger partial charge is 0.268 e. The summed E-state index contributed by atoms with van der Waals surface area (Å²) in [6.45, 7) is 5.04. The number of carbonyl (C=O) groups excluding carboxylic acids is 1. The van der Waals surface area contributed by atoms with E-state index in [1.54, 1.807) is 30.3 Å². The van der Waals surface area contributed by atoms with Gasteiger partial charge in [0.25, 0.3) is 10.0 Å². The average Bonchev–Trinajstić information content (AvgIpc) is 3.06. The molecular weight excluding hydrogens is 484 g/mol. The Kier molecular flexibility index (Phi) is 6.66. The summed E-state index contributed by atoms with van der Waals surface area (Å²) in [5.41, 5.74) is 1.80. The van der Waals surface area contributed by atoms with Gasteiger partial charge < -0.3 is 4.79 Å². The second kappa shape index (κ2) is 8.92. The molecule has 2 atom stereocenters. The monoisotopic (exact) mass is 506 g/mol. The van der Waals surface area contributed by atoms with Gasteiger partial charge in [-0.3, -0.25) is 10.1 Å². The molecule has 1 heterocycles. The lowest BCUT2D eigenvalue weighted by molar-refractivity contribution is -0.484. The van der Waals surface area contributed by atoms with Crippen LogP contribution in [0.2, 0.25) is 0 Å². The van der Waals surface area contributed by atoms with Crippen molar-refractivity contribution in [2.24, 2.45) is 11.8 Å². The van der Waals surface area contributed by atoms with Gasteiger partial charge in [-0.1, -0.05) is 47.5 Å². The van der Waals surface area contributed by atoms with Crippen molar-refractivity contribution in [3.8, 4) is 0 Å². The van der Waals surface area contributed by atoms with Gasteiger partial charge in [0.05, 0.1) is 16.3 Å². The van der Waals surface area contributed by atoms with E-state index in [9.17, 15) is 23.3 Å². The Hall–Kier alpha value is -2.52. The average molecular weight is 507 g/mol. The molecule has 0 N–H and O–H groups in total. The van der Waals surface area contributed by atoms with E-state index in [0.29, 0.717) is 20.9 Å². The highest BCUT2D eigenvalue weighted by atomic mass is 79.9. The SMILES string of the molecule is Cc1ccc(S(=O)(=O)n2cc([C@H](C[N+](=O)[O-])[C@@H](C=O)C(C)C)c3cc(Br)ccc32)cc1. The van der Waals surface area contributed by atoms with Crippen LogP contribution in [-0.2, 0) is 14.8 Å². The van der Waals surface area contributed by atoms with Gasteiger partial charge in [-0.15, -0.1) is 0 Å². The predicted octanol–water partition coefficient (Wildman–Crippen LogP) is 4.78. The molecule has 0 aliphatic carbocycles. The highest BCUT2D eigenvalue weighted by Crippen LogP contribution is 2.37. The number of aldehydes is 1. The van der Waals surface area contributed by atoms with Crippen LogP contribution in [0.15, 0.2) is 58.0 Å². The maximum absolute atomic E-state index is 13.4. The Morgan fingerprint density at radius 2 is 1.81 bits per heavy atom. The Morgan fingerprint density at radius 3 is 2.35 bits per heavy atom. The standard InChI is InChI=1S/C22H23BrN2O5S/c1-14(2)21(13-26)20(12-25(27)28)19-11-24(22-9-6-16(23)10-18(19)22)31(29,30)17-7-4-15(3)5-8-17/h4-11,13-14,20-21H,12H2,1-3H3/t20-,21-/m0/s1. The molecule has 0 bridgehead atoms. The minimum Gasteiger partial charge on any atom is -0.303 e. The minimum absolute atomic E-state index is 0.117. The molecule has 3 rings (SSSR count). The number of fused-ring (bicyclic) bond motifs is 1. The summed E-state index contributed by atoms with van der Waals surface area (Å²) >= 11 is 3.40. The van der Waals surface area contributed by atoms with E-state index >= 15 is 0 Å². The van der Waals surface area contributed by atoms with Crippen molar-refractivity contribution in [1.82, 2.24) is 3.97 Å². The Labute approximate surface area is 189 Å². The number of benzene rings is 2. The van der Waals surface area contributed by atoms with E-state index < -0.39 is 33.3 Å². The van der Waals surface area contributed by atoms with Gasteiger partial charge in [0.15, 0.2) is 0 Å². The molecule has 9 heteroatoms. The van der Waals surface area contributed by atoms with E-state index in [2.05, 4.69) is 15.9 Å². The molecule has 0 saturated carbocycles. The van der Waals surface area contributed by atoms with Crippen molar-refractivity contribution in [3.05, 3.63) is 74.4 Å². The molecule has 31 heavy (non-hydrogen) atoms. The molecule has 0 unspecified atom stereocenters. The number of aryl methyl sites for hydroxylation is 1. The van der Waals surface area contributed by atoms with E-state index in [-0.39, 0.29) is 10.8 Å². The van der Waals surface area contributed by atoms with Gasteiger partial charge in [-0.2, -0.15) is 0 Å². The zero-order chi connectivity index (χ0) is 22.9. The number of carbonyl (C=O) groups is 1. The maximum atomic E-state index is 13.4. The summed E-state index contributed by atoms with van der Waals surface area (Å²) < 4.78 is 28.7. The summed E-state index contributed by atoms with van der Waals surface area (Å²) in [7, 11) is -3.95. The van der Waals surface area contributed by atoms with Crippen LogP contribution in [0.3, 0.4) is 0 Å². The van der Waals surface area contributed by atoms with Crippen LogP contribution in [0.25, 0.3) is 10.9 Å². The fraction of sp³-hybridized carbons (Fsp3) is 0.318. The van der Waals surface area contributed by atoms with Crippen molar-refractivity contribution in [2.45, 2.75) is 31.6 Å². The second-order valence-corrected chi connectivity index (χ2v) is 10.7. The summed E-state index contributed by atoms with van der Waals surface area (Å²) in [6, 6.07) is 11.6. The molecule has 3 aromatic rings. The van der Waals surface area contributed by atoms with E-state index in [1.165, 1.54) is 18.3 Å². The molecule has 7 nitrogen and oxygen atoms in total. The predicted molar refractivity (Wildman–Crippen MR) is 122 cm³/mol. The molecule has 0 amide bonds. The highest BCUT2D eigenvalue weighted by Gasteiger charge is 2.34. The van der Waals surface area contributed by atoms with Crippen molar-refractivity contribution >= 4 is 43.1 Å². The Balaban J connectivity index is 2.30. The van der Waals surface area contributed by atoms with Crippen LogP contribution in [0.5, 0.6) is 0 Å². The maximum Gasteiger partial charge on any atom is 0.268 e. The molecular formula is C22H23BrN2O5S. The number of rotatable bonds is 8. The Bertz CT molecular complexity index is 1230. The first-order chi connectivity index (χ1) is 14.6. The van der Waals surface area contributed by atoms with Crippen LogP contribution in [0.1, 0.15) is 30.9 Å². The van der Waals surface area contributed by atoms with Gasteiger partial charge in [-0.25, -0.2) is 12.4 Å². The number of hydrogen-bond donors (Lipinski definition) is 0. The third-order valence-electron chi connectivity index (χ3n) is 5.48. The number of aromatic nitrogens is 1. The van der Waals surface area contributed by atoms with Crippen molar-refractivity contribution in [2.75, 3.05) is 6.54 Å². The van der Waals surface area contributed by atoms with Crippen LogP contribution in [-0.4, -0.2) is 30.1 Å². The van der Waals surface area contributed by atoms with Gasteiger partial charge in [0.1, 0.15) is 6.29 Å². The molecule has 2 aromatic carbocycles. The fourth-order valence-electron chi connectivity index (χ4n) is 3.82. The normalized spacial score (nSPS) is 14.0. The van der Waals surface area contributed by atoms with E-state index in [1.807, 2.05) is 20.8 Å².